The first kappa shape index (κ1) is 45.8. The summed E-state index contributed by atoms with van der Waals surface area (Å²) in [5.41, 5.74) is 6.33. The van der Waals surface area contributed by atoms with Crippen LogP contribution >= 0.6 is 12.4 Å². The van der Waals surface area contributed by atoms with Crippen LogP contribution in [0, 0.1) is 5.92 Å². The van der Waals surface area contributed by atoms with Crippen LogP contribution in [0.5, 0.6) is 0 Å². The molecule has 0 aliphatic carbocycles. The highest BCUT2D eigenvalue weighted by Gasteiger charge is 2.30. The van der Waals surface area contributed by atoms with Crippen molar-refractivity contribution >= 4 is 72.6 Å². The molecule has 5 N–H and O–H groups in total. The third kappa shape index (κ3) is 13.6. The number of nitrogens with zero attached hydrogens (tertiary/aromatic N) is 1. The number of benzene rings is 6. The highest BCUT2D eigenvalue weighted by Crippen LogP contribution is 2.40. The molecule has 298 valence electrons. The lowest BCUT2D eigenvalue weighted by Crippen LogP contribution is -2.71. The highest BCUT2D eigenvalue weighted by molar-refractivity contribution is 7.85. The highest BCUT2D eigenvalue weighted by atomic mass is 35.5. The topological polar surface area (TPSA) is 117 Å². The minimum atomic E-state index is -3.86. The number of halogens is 1. The fraction of sp³-hybridized carbons (Fsp3) is 0.298. The first-order valence-electron chi connectivity index (χ1n) is 19.3. The van der Waals surface area contributed by atoms with Crippen LogP contribution in [-0.2, 0) is 20.3 Å². The molecule has 56 heavy (non-hydrogen) atoms. The number of hydrazine groups is 1. The zero-order valence-corrected chi connectivity index (χ0v) is 35.0. The van der Waals surface area contributed by atoms with Crippen molar-refractivity contribution < 1.29 is 23.1 Å². The van der Waals surface area contributed by atoms with Gasteiger partial charge in [-0.3, -0.25) is 19.7 Å². The van der Waals surface area contributed by atoms with Gasteiger partial charge in [0.1, 0.15) is 17.2 Å². The maximum absolute atomic E-state index is 10.7. The van der Waals surface area contributed by atoms with Crippen molar-refractivity contribution in [2.24, 2.45) is 11.8 Å². The number of ketones is 1. The summed E-state index contributed by atoms with van der Waals surface area (Å²) in [6, 6.07) is 48.6. The largest absolute Gasteiger partial charge is 0.300 e. The monoisotopic (exact) mass is 796 g/mol. The summed E-state index contributed by atoms with van der Waals surface area (Å²) < 4.78 is 28.9. The maximum atomic E-state index is 10.7. The van der Waals surface area contributed by atoms with E-state index in [0.29, 0.717) is 12.8 Å². The van der Waals surface area contributed by atoms with Crippen molar-refractivity contribution in [2.45, 2.75) is 78.6 Å². The summed E-state index contributed by atoms with van der Waals surface area (Å²) in [6.07, 6.45) is 5.77. The van der Waals surface area contributed by atoms with Crippen molar-refractivity contribution in [1.82, 2.24) is 0 Å². The number of nitrogens with two attached hydrogens (primary N) is 2. The van der Waals surface area contributed by atoms with E-state index in [1.807, 2.05) is 48.5 Å². The molecular formula is C47H59ClN3O4S+. The predicted molar refractivity (Wildman–Crippen MR) is 238 cm³/mol. The molecule has 6 aromatic carbocycles. The zero-order valence-electron chi connectivity index (χ0n) is 33.4. The van der Waals surface area contributed by atoms with E-state index in [9.17, 15) is 13.2 Å². The number of carbonyl (C=O) groups is 1. The van der Waals surface area contributed by atoms with E-state index in [4.69, 9.17) is 10.4 Å². The van der Waals surface area contributed by atoms with Crippen molar-refractivity contribution in [1.29, 1.82) is 0 Å². The van der Waals surface area contributed by atoms with Gasteiger partial charge in [0, 0.05) is 17.5 Å². The molecule has 2 atom stereocenters. The van der Waals surface area contributed by atoms with Crippen molar-refractivity contribution in [3.05, 3.63) is 145 Å². The van der Waals surface area contributed by atoms with Gasteiger partial charge in [-0.05, 0) is 102 Å². The van der Waals surface area contributed by atoms with E-state index in [-0.39, 0.29) is 35.3 Å². The molecular weight excluding hydrogens is 738 g/mol. The Morgan fingerprint density at radius 1 is 0.768 bits per heavy atom. The SMILES string of the molecule is CC(=O)C(C)CCCS(=O)(=O)O.CCCCC(C)(CC)c1c([NH2+]c2ccccc2)ccc2ccccc12.Cl.NN(c1ccccc1)c1ccc2ccccc2c1. The van der Waals surface area contributed by atoms with E-state index in [0.717, 1.165) is 17.8 Å². The second-order valence-corrected chi connectivity index (χ2v) is 16.1. The Morgan fingerprint density at radius 2 is 1.34 bits per heavy atom. The maximum Gasteiger partial charge on any atom is 0.264 e. The average molecular weight is 798 g/mol. The lowest BCUT2D eigenvalue weighted by Gasteiger charge is -2.31. The number of para-hydroxylation sites is 2. The van der Waals surface area contributed by atoms with Crippen LogP contribution < -0.4 is 16.2 Å². The Hall–Kier alpha value is -4.57. The third-order valence-corrected chi connectivity index (χ3v) is 11.1. The van der Waals surface area contributed by atoms with Crippen LogP contribution in [0.3, 0.4) is 0 Å². The normalized spacial score (nSPS) is 12.6. The second kappa shape index (κ2) is 22.2. The number of quaternary nitrogens is 1. The van der Waals surface area contributed by atoms with Crippen molar-refractivity contribution in [3.8, 4) is 0 Å². The molecule has 0 spiro atoms. The van der Waals surface area contributed by atoms with Crippen LogP contribution in [0.1, 0.15) is 78.7 Å². The van der Waals surface area contributed by atoms with Gasteiger partial charge in [0.25, 0.3) is 10.1 Å². The van der Waals surface area contributed by atoms with Crippen molar-refractivity contribution in [2.75, 3.05) is 10.8 Å². The molecule has 0 aliphatic rings. The van der Waals surface area contributed by atoms with E-state index in [1.165, 1.54) is 64.7 Å². The zero-order chi connectivity index (χ0) is 39.8. The third-order valence-electron chi connectivity index (χ3n) is 10.3. The predicted octanol–water partition coefficient (Wildman–Crippen LogP) is 11.4. The Morgan fingerprint density at radius 3 is 1.95 bits per heavy atom. The van der Waals surface area contributed by atoms with Crippen molar-refractivity contribution in [3.63, 3.8) is 0 Å². The van der Waals surface area contributed by atoms with Crippen LogP contribution in [0.4, 0.5) is 22.7 Å². The molecule has 0 saturated carbocycles. The molecule has 0 heterocycles. The first-order valence-corrected chi connectivity index (χ1v) is 20.9. The fourth-order valence-electron chi connectivity index (χ4n) is 6.70. The van der Waals surface area contributed by atoms with Crippen LogP contribution in [0.15, 0.2) is 140 Å². The summed E-state index contributed by atoms with van der Waals surface area (Å²) in [5.74, 6) is 5.81. The molecule has 2 unspecified atom stereocenters. The lowest BCUT2D eigenvalue weighted by atomic mass is 9.73. The number of anilines is 2. The second-order valence-electron chi connectivity index (χ2n) is 14.5. The lowest BCUT2D eigenvalue weighted by molar-refractivity contribution is -0.479. The van der Waals surface area contributed by atoms with Crippen LogP contribution in [0.25, 0.3) is 21.5 Å². The molecule has 9 heteroatoms. The average Bonchev–Trinajstić information content (AvgIpc) is 3.20. The number of unbranched alkanes of at least 4 members (excludes halogenated alkanes) is 1. The Labute approximate surface area is 340 Å². The molecule has 0 bridgehead atoms. The number of rotatable bonds is 14. The molecule has 0 aromatic heterocycles. The first-order chi connectivity index (χ1) is 26.3. The van der Waals surface area contributed by atoms with Gasteiger partial charge in [0.15, 0.2) is 0 Å². The smallest absolute Gasteiger partial charge is 0.264 e. The standard InChI is InChI=1S/C24H29N.C16H14N2.C7H14O4S.ClH/c1-4-6-18-24(3,5-2)23-21-15-11-10-12-19(21)16-17-22(23)25-20-13-8-7-9-14-20;17-18(15-8-2-1-3-9-15)16-11-10-13-6-4-5-7-14(13)12-16;1-6(7(2)8)4-3-5-12(9,10)11;/h7-17,25H,4-6,18H2,1-3H3;1-12H,17H2;6H,3-5H2,1-2H3,(H,9,10,11);1H/p+1. The Kier molecular flexibility index (Phi) is 18.2. The van der Waals surface area contributed by atoms with Crippen LogP contribution in [-0.4, -0.2) is 24.5 Å². The van der Waals surface area contributed by atoms with Gasteiger partial charge in [-0.25, -0.2) is 5.84 Å². The van der Waals surface area contributed by atoms with E-state index < -0.39 is 10.1 Å². The molecule has 0 radical (unpaired) electrons. The molecule has 0 aliphatic heterocycles. The van der Waals surface area contributed by atoms with Gasteiger partial charge in [-0.1, -0.05) is 132 Å². The van der Waals surface area contributed by atoms with Gasteiger partial charge >= 0.3 is 0 Å². The van der Waals surface area contributed by atoms with E-state index in [1.54, 1.807) is 11.9 Å². The van der Waals surface area contributed by atoms with Gasteiger partial charge in [0.2, 0.25) is 0 Å². The molecule has 6 aromatic rings. The summed E-state index contributed by atoms with van der Waals surface area (Å²) in [5, 5.41) is 9.23. The van der Waals surface area contributed by atoms with E-state index in [2.05, 4.69) is 117 Å². The summed E-state index contributed by atoms with van der Waals surface area (Å²) in [6.45, 7) is 10.3. The minimum Gasteiger partial charge on any atom is -0.300 e. The Bertz CT molecular complexity index is 2220. The van der Waals surface area contributed by atoms with Gasteiger partial charge < -0.3 is 0 Å². The summed E-state index contributed by atoms with van der Waals surface area (Å²) in [4.78, 5) is 10.7. The molecule has 0 amide bonds. The fourth-order valence-corrected chi connectivity index (χ4v) is 7.23. The summed E-state index contributed by atoms with van der Waals surface area (Å²) in [7, 11) is -3.86. The molecule has 0 fully saturated rings. The number of hydrogen-bond donors (Lipinski definition) is 3. The van der Waals surface area contributed by atoms with Gasteiger partial charge in [-0.2, -0.15) is 8.42 Å². The Balaban J connectivity index is 0.000000239. The number of hydrogen-bond acceptors (Lipinski definition) is 5. The molecule has 0 saturated heterocycles. The molecule has 6 rings (SSSR count). The molecule has 7 nitrogen and oxygen atoms in total. The number of fused-ring (bicyclic) bond motifs is 2. The number of Topliss-reactive ketones (excluding diaryl/α,β-unsaturated/α-hetero) is 1. The quantitative estimate of drug-likeness (QED) is 0.0437. The van der Waals surface area contributed by atoms with Gasteiger partial charge in [0.05, 0.1) is 17.1 Å². The summed E-state index contributed by atoms with van der Waals surface area (Å²) >= 11 is 0. The van der Waals surface area contributed by atoms with Gasteiger partial charge in [-0.15, -0.1) is 12.4 Å². The minimum absolute atomic E-state index is 0. The number of carbonyl (C=O) groups excluding carboxylic acids is 1. The van der Waals surface area contributed by atoms with Crippen LogP contribution in [0.2, 0.25) is 0 Å². The van der Waals surface area contributed by atoms with E-state index >= 15 is 0 Å².